The SMILES string of the molecule is Cc1ccc(-c2csc(NC(=O)C(C)Sc3cccc(NC(=O)/C(=C\c4ccc(F)cc4)NC(=O)c4ccccc4)c3)c2C#N)cc1. The zero-order valence-electron chi connectivity index (χ0n) is 25.4. The van der Waals surface area contributed by atoms with Gasteiger partial charge in [-0.05, 0) is 73.5 Å². The first-order valence-corrected chi connectivity index (χ1v) is 16.3. The second-order valence-electron chi connectivity index (χ2n) is 10.5. The number of aryl methyl sites for hydroxylation is 1. The first-order valence-electron chi connectivity index (χ1n) is 14.5. The van der Waals surface area contributed by atoms with Crippen LogP contribution in [0.4, 0.5) is 15.1 Å². The highest BCUT2D eigenvalue weighted by Gasteiger charge is 2.20. The average molecular weight is 661 g/mol. The van der Waals surface area contributed by atoms with Crippen LogP contribution in [0, 0.1) is 24.1 Å². The number of hydrogen-bond acceptors (Lipinski definition) is 6. The summed E-state index contributed by atoms with van der Waals surface area (Å²) in [6.45, 7) is 3.75. The smallest absolute Gasteiger partial charge is 0.272 e. The van der Waals surface area contributed by atoms with Crippen LogP contribution >= 0.6 is 23.1 Å². The summed E-state index contributed by atoms with van der Waals surface area (Å²) in [5.41, 5.74) is 4.49. The molecule has 47 heavy (non-hydrogen) atoms. The van der Waals surface area contributed by atoms with Crippen molar-refractivity contribution in [1.82, 2.24) is 5.32 Å². The molecule has 1 heterocycles. The standard InChI is InChI=1S/C37H29FN4O3S2/c1-23-11-15-26(16-12-23)32-22-46-37(31(32)21-39)42-34(43)24(2)47-30-10-6-9-29(20-30)40-36(45)33(19-25-13-17-28(38)18-14-25)41-35(44)27-7-4-3-5-8-27/h3-20,22,24H,1-2H3,(H,40,45)(H,41,44)(H,42,43)/b33-19+. The first-order chi connectivity index (χ1) is 22.7. The Hall–Kier alpha value is -5.50. The van der Waals surface area contributed by atoms with E-state index in [9.17, 15) is 24.0 Å². The molecule has 1 unspecified atom stereocenters. The van der Waals surface area contributed by atoms with Gasteiger partial charge in [-0.3, -0.25) is 14.4 Å². The van der Waals surface area contributed by atoms with E-state index in [-0.39, 0.29) is 11.6 Å². The Kier molecular flexibility index (Phi) is 10.6. The summed E-state index contributed by atoms with van der Waals surface area (Å²) in [7, 11) is 0. The average Bonchev–Trinajstić information content (AvgIpc) is 3.48. The van der Waals surface area contributed by atoms with Crippen LogP contribution < -0.4 is 16.0 Å². The molecule has 3 N–H and O–H groups in total. The minimum Gasteiger partial charge on any atom is -0.321 e. The van der Waals surface area contributed by atoms with Crippen molar-refractivity contribution < 1.29 is 18.8 Å². The van der Waals surface area contributed by atoms with E-state index in [0.29, 0.717) is 27.4 Å². The van der Waals surface area contributed by atoms with Crippen molar-refractivity contribution >= 4 is 57.6 Å². The Morgan fingerprint density at radius 3 is 2.34 bits per heavy atom. The second kappa shape index (κ2) is 15.2. The lowest BCUT2D eigenvalue weighted by molar-refractivity contribution is -0.115. The number of carbonyl (C=O) groups is 3. The van der Waals surface area contributed by atoms with Crippen LogP contribution in [-0.2, 0) is 9.59 Å². The maximum Gasteiger partial charge on any atom is 0.272 e. The number of benzene rings is 4. The van der Waals surface area contributed by atoms with Gasteiger partial charge in [-0.25, -0.2) is 4.39 Å². The van der Waals surface area contributed by atoms with Gasteiger partial charge >= 0.3 is 0 Å². The zero-order valence-corrected chi connectivity index (χ0v) is 27.0. The molecule has 0 aliphatic carbocycles. The van der Waals surface area contributed by atoms with Crippen LogP contribution in [0.1, 0.15) is 34.0 Å². The molecule has 1 aromatic heterocycles. The summed E-state index contributed by atoms with van der Waals surface area (Å²) in [4.78, 5) is 40.2. The highest BCUT2D eigenvalue weighted by atomic mass is 32.2. The van der Waals surface area contributed by atoms with Gasteiger partial charge in [-0.1, -0.05) is 66.2 Å². The Balaban J connectivity index is 1.27. The topological polar surface area (TPSA) is 111 Å². The molecule has 0 aliphatic rings. The third-order valence-corrected chi connectivity index (χ3v) is 8.98. The number of nitrogens with zero attached hydrogens (tertiary/aromatic N) is 1. The Morgan fingerprint density at radius 1 is 0.915 bits per heavy atom. The summed E-state index contributed by atoms with van der Waals surface area (Å²) in [6.07, 6.45) is 1.46. The molecule has 10 heteroatoms. The van der Waals surface area contributed by atoms with E-state index in [0.717, 1.165) is 21.6 Å². The number of thioether (sulfide) groups is 1. The minimum atomic E-state index is -0.586. The van der Waals surface area contributed by atoms with Crippen molar-refractivity contribution in [3.05, 3.63) is 142 Å². The molecular weight excluding hydrogens is 632 g/mol. The number of nitrogens with one attached hydrogen (secondary N) is 3. The van der Waals surface area contributed by atoms with Gasteiger partial charge in [-0.15, -0.1) is 23.1 Å². The largest absolute Gasteiger partial charge is 0.321 e. The van der Waals surface area contributed by atoms with Crippen LogP contribution in [-0.4, -0.2) is 23.0 Å². The van der Waals surface area contributed by atoms with Crippen molar-refractivity contribution in [2.75, 3.05) is 10.6 Å². The van der Waals surface area contributed by atoms with Gasteiger partial charge in [0.2, 0.25) is 5.91 Å². The van der Waals surface area contributed by atoms with E-state index < -0.39 is 22.9 Å². The summed E-state index contributed by atoms with van der Waals surface area (Å²) in [6, 6.07) is 31.1. The van der Waals surface area contributed by atoms with E-state index in [2.05, 4.69) is 22.0 Å². The quantitative estimate of drug-likeness (QED) is 0.103. The summed E-state index contributed by atoms with van der Waals surface area (Å²) >= 11 is 2.59. The maximum absolute atomic E-state index is 13.5. The van der Waals surface area contributed by atoms with Crippen molar-refractivity contribution in [2.45, 2.75) is 24.0 Å². The monoisotopic (exact) mass is 660 g/mol. The normalized spacial score (nSPS) is 11.7. The van der Waals surface area contributed by atoms with Crippen molar-refractivity contribution in [3.63, 3.8) is 0 Å². The highest BCUT2D eigenvalue weighted by molar-refractivity contribution is 8.00. The number of thiophene rings is 1. The molecule has 7 nitrogen and oxygen atoms in total. The molecule has 4 aromatic carbocycles. The molecule has 0 aliphatic heterocycles. The molecule has 0 saturated heterocycles. The van der Waals surface area contributed by atoms with Gasteiger partial charge < -0.3 is 16.0 Å². The molecule has 0 bridgehead atoms. The number of halogens is 1. The van der Waals surface area contributed by atoms with Crippen LogP contribution in [0.25, 0.3) is 17.2 Å². The van der Waals surface area contributed by atoms with Gasteiger partial charge in [0.25, 0.3) is 11.8 Å². The number of nitriles is 1. The lowest BCUT2D eigenvalue weighted by Gasteiger charge is -2.14. The molecule has 0 radical (unpaired) electrons. The summed E-state index contributed by atoms with van der Waals surface area (Å²) in [5, 5.41) is 20.0. The second-order valence-corrected chi connectivity index (χ2v) is 12.8. The third-order valence-electron chi connectivity index (χ3n) is 6.99. The fourth-order valence-electron chi connectivity index (χ4n) is 4.49. The van der Waals surface area contributed by atoms with Crippen LogP contribution in [0.5, 0.6) is 0 Å². The molecule has 5 rings (SSSR count). The van der Waals surface area contributed by atoms with Gasteiger partial charge in [0, 0.05) is 27.1 Å². The van der Waals surface area contributed by atoms with E-state index >= 15 is 0 Å². The van der Waals surface area contributed by atoms with Crippen LogP contribution in [0.2, 0.25) is 0 Å². The van der Waals surface area contributed by atoms with E-state index in [1.54, 1.807) is 55.5 Å². The van der Waals surface area contributed by atoms with E-state index in [1.807, 2.05) is 42.6 Å². The lowest BCUT2D eigenvalue weighted by Crippen LogP contribution is -2.30. The zero-order chi connectivity index (χ0) is 33.3. The minimum absolute atomic E-state index is 0.0366. The molecular formula is C37H29FN4O3S2. The molecule has 3 amide bonds. The number of rotatable bonds is 10. The molecule has 1 atom stereocenters. The Labute approximate surface area is 280 Å². The van der Waals surface area contributed by atoms with Crippen LogP contribution in [0.15, 0.2) is 119 Å². The fraction of sp³-hybridized carbons (Fsp3) is 0.0811. The molecule has 0 fully saturated rings. The Morgan fingerprint density at radius 2 is 1.64 bits per heavy atom. The van der Waals surface area contributed by atoms with E-state index in [4.69, 9.17) is 0 Å². The lowest BCUT2D eigenvalue weighted by atomic mass is 10.0. The number of hydrogen-bond donors (Lipinski definition) is 3. The summed E-state index contributed by atoms with van der Waals surface area (Å²) < 4.78 is 13.5. The van der Waals surface area contributed by atoms with Crippen LogP contribution in [0.3, 0.4) is 0 Å². The molecule has 5 aromatic rings. The van der Waals surface area contributed by atoms with Gasteiger partial charge in [0.05, 0.1) is 10.8 Å². The van der Waals surface area contributed by atoms with Crippen molar-refractivity contribution in [2.24, 2.45) is 0 Å². The predicted octanol–water partition coefficient (Wildman–Crippen LogP) is 8.26. The predicted molar refractivity (Wildman–Crippen MR) is 187 cm³/mol. The molecule has 0 saturated carbocycles. The molecule has 234 valence electrons. The fourth-order valence-corrected chi connectivity index (χ4v) is 6.34. The number of amides is 3. The molecule has 0 spiro atoms. The highest BCUT2D eigenvalue weighted by Crippen LogP contribution is 2.36. The first kappa shape index (κ1) is 32.9. The van der Waals surface area contributed by atoms with Gasteiger partial charge in [0.15, 0.2) is 0 Å². The number of carbonyl (C=O) groups excluding carboxylic acids is 3. The summed E-state index contributed by atoms with van der Waals surface area (Å²) in [5.74, 6) is -1.76. The number of anilines is 2. The Bertz CT molecular complexity index is 1980. The van der Waals surface area contributed by atoms with Gasteiger partial charge in [-0.2, -0.15) is 5.26 Å². The van der Waals surface area contributed by atoms with E-state index in [1.165, 1.54) is 53.4 Å². The third kappa shape index (κ3) is 8.61. The van der Waals surface area contributed by atoms with Crippen molar-refractivity contribution in [1.29, 1.82) is 5.26 Å². The van der Waals surface area contributed by atoms with Gasteiger partial charge in [0.1, 0.15) is 22.6 Å². The maximum atomic E-state index is 13.5. The van der Waals surface area contributed by atoms with Crippen molar-refractivity contribution in [3.8, 4) is 17.2 Å².